The molecule has 1 aliphatic carbocycles. The van der Waals surface area contributed by atoms with Gasteiger partial charge < -0.3 is 0 Å². The van der Waals surface area contributed by atoms with Gasteiger partial charge in [-0.3, -0.25) is 9.69 Å². The van der Waals surface area contributed by atoms with Crippen LogP contribution >= 0.6 is 15.9 Å². The summed E-state index contributed by atoms with van der Waals surface area (Å²) in [5, 5.41) is 0. The SMILES string of the molecule is CN(Cc1ccccc1Br)C1CCCCC1=O. The predicted octanol–water partition coefficient (Wildman–Crippen LogP) is 3.39. The monoisotopic (exact) mass is 295 g/mol. The van der Waals surface area contributed by atoms with Gasteiger partial charge in [-0.1, -0.05) is 40.5 Å². The molecule has 1 fully saturated rings. The summed E-state index contributed by atoms with van der Waals surface area (Å²) in [6.45, 7) is 0.831. The van der Waals surface area contributed by atoms with E-state index in [4.69, 9.17) is 0 Å². The fourth-order valence-electron chi connectivity index (χ4n) is 2.44. The summed E-state index contributed by atoms with van der Waals surface area (Å²) in [6.07, 6.45) is 4.01. The second-order valence-electron chi connectivity index (χ2n) is 4.73. The van der Waals surface area contributed by atoms with E-state index in [0.29, 0.717) is 5.78 Å². The maximum Gasteiger partial charge on any atom is 0.149 e. The van der Waals surface area contributed by atoms with E-state index in [9.17, 15) is 4.79 Å². The first-order valence-corrected chi connectivity index (χ1v) is 6.94. The molecule has 0 N–H and O–H groups in total. The molecule has 0 aromatic heterocycles. The van der Waals surface area contributed by atoms with Crippen molar-refractivity contribution in [2.75, 3.05) is 7.05 Å². The number of likely N-dealkylation sites (N-methyl/N-ethyl adjacent to an activating group) is 1. The zero-order valence-corrected chi connectivity index (χ0v) is 11.7. The van der Waals surface area contributed by atoms with Gasteiger partial charge >= 0.3 is 0 Å². The lowest BCUT2D eigenvalue weighted by Gasteiger charge is -2.30. The van der Waals surface area contributed by atoms with Gasteiger partial charge in [0.05, 0.1) is 6.04 Å². The molecule has 0 saturated heterocycles. The van der Waals surface area contributed by atoms with E-state index >= 15 is 0 Å². The molecule has 92 valence electrons. The highest BCUT2D eigenvalue weighted by atomic mass is 79.9. The van der Waals surface area contributed by atoms with Crippen LogP contribution in [0.2, 0.25) is 0 Å². The van der Waals surface area contributed by atoms with Crippen LogP contribution < -0.4 is 0 Å². The quantitative estimate of drug-likeness (QED) is 0.852. The molecule has 3 heteroatoms. The van der Waals surface area contributed by atoms with Gasteiger partial charge in [0.1, 0.15) is 5.78 Å². The van der Waals surface area contributed by atoms with E-state index in [2.05, 4.69) is 26.9 Å². The van der Waals surface area contributed by atoms with E-state index < -0.39 is 0 Å². The molecule has 2 nitrogen and oxygen atoms in total. The number of Topliss-reactive ketones (excluding diaryl/α,β-unsaturated/α-hetero) is 1. The van der Waals surface area contributed by atoms with Gasteiger partial charge in [-0.25, -0.2) is 0 Å². The second-order valence-corrected chi connectivity index (χ2v) is 5.59. The average molecular weight is 296 g/mol. The number of carbonyl (C=O) groups excluding carboxylic acids is 1. The van der Waals surface area contributed by atoms with Crippen LogP contribution in [0.4, 0.5) is 0 Å². The van der Waals surface area contributed by atoms with Crippen LogP contribution in [0.15, 0.2) is 28.7 Å². The van der Waals surface area contributed by atoms with Crippen LogP contribution in [-0.4, -0.2) is 23.8 Å². The summed E-state index contributed by atoms with van der Waals surface area (Å²) in [5.41, 5.74) is 1.24. The zero-order chi connectivity index (χ0) is 12.3. The topological polar surface area (TPSA) is 20.3 Å². The van der Waals surface area contributed by atoms with Crippen LogP contribution in [0.1, 0.15) is 31.2 Å². The Bertz CT molecular complexity index is 405. The highest BCUT2D eigenvalue weighted by molar-refractivity contribution is 9.10. The summed E-state index contributed by atoms with van der Waals surface area (Å²) < 4.78 is 1.12. The summed E-state index contributed by atoms with van der Waals surface area (Å²) in [4.78, 5) is 14.0. The van der Waals surface area contributed by atoms with Crippen molar-refractivity contribution in [3.05, 3.63) is 34.3 Å². The minimum absolute atomic E-state index is 0.121. The highest BCUT2D eigenvalue weighted by Crippen LogP contribution is 2.23. The third-order valence-corrected chi connectivity index (χ3v) is 4.21. The van der Waals surface area contributed by atoms with Gasteiger partial charge in [0.25, 0.3) is 0 Å². The number of halogens is 1. The summed E-state index contributed by atoms with van der Waals surface area (Å²) in [7, 11) is 2.05. The predicted molar refractivity (Wildman–Crippen MR) is 72.9 cm³/mol. The van der Waals surface area contributed by atoms with Crippen molar-refractivity contribution in [1.82, 2.24) is 4.90 Å². The molecule has 1 aromatic rings. The van der Waals surface area contributed by atoms with Crippen molar-refractivity contribution in [2.24, 2.45) is 0 Å². The van der Waals surface area contributed by atoms with Gasteiger partial charge in [-0.2, -0.15) is 0 Å². The van der Waals surface area contributed by atoms with Gasteiger partial charge in [0, 0.05) is 17.4 Å². The summed E-state index contributed by atoms with van der Waals surface area (Å²) >= 11 is 3.55. The standard InChI is InChI=1S/C14H18BrNO/c1-16(13-8-4-5-9-14(13)17)10-11-6-2-3-7-12(11)15/h2-3,6-7,13H,4-5,8-10H2,1H3. The van der Waals surface area contributed by atoms with Crippen molar-refractivity contribution >= 4 is 21.7 Å². The number of nitrogens with zero attached hydrogens (tertiary/aromatic N) is 1. The first kappa shape index (κ1) is 12.8. The molecule has 0 heterocycles. The molecule has 1 aliphatic rings. The Kier molecular flexibility index (Phi) is 4.35. The van der Waals surface area contributed by atoms with Crippen LogP contribution in [0.3, 0.4) is 0 Å². The van der Waals surface area contributed by atoms with Crippen LogP contribution in [-0.2, 0) is 11.3 Å². The number of rotatable bonds is 3. The van der Waals surface area contributed by atoms with E-state index in [1.54, 1.807) is 0 Å². The van der Waals surface area contributed by atoms with Crippen molar-refractivity contribution in [3.8, 4) is 0 Å². The summed E-state index contributed by atoms with van der Waals surface area (Å²) in [5.74, 6) is 0.408. The Labute approximate surface area is 111 Å². The molecule has 2 rings (SSSR count). The lowest BCUT2D eigenvalue weighted by Crippen LogP contribution is -2.40. The first-order chi connectivity index (χ1) is 8.18. The summed E-state index contributed by atoms with van der Waals surface area (Å²) in [6, 6.07) is 8.33. The van der Waals surface area contributed by atoms with Crippen molar-refractivity contribution in [1.29, 1.82) is 0 Å². The van der Waals surface area contributed by atoms with E-state index in [0.717, 1.165) is 30.3 Å². The molecule has 1 saturated carbocycles. The average Bonchev–Trinajstić information content (AvgIpc) is 2.32. The smallest absolute Gasteiger partial charge is 0.149 e. The molecule has 0 radical (unpaired) electrons. The molecule has 17 heavy (non-hydrogen) atoms. The molecule has 1 atom stereocenters. The van der Waals surface area contributed by atoms with Crippen molar-refractivity contribution in [2.45, 2.75) is 38.3 Å². The van der Waals surface area contributed by atoms with Crippen molar-refractivity contribution in [3.63, 3.8) is 0 Å². The second kappa shape index (κ2) is 5.78. The highest BCUT2D eigenvalue weighted by Gasteiger charge is 2.25. The Morgan fingerprint density at radius 2 is 2.12 bits per heavy atom. The minimum Gasteiger partial charge on any atom is -0.298 e. The first-order valence-electron chi connectivity index (χ1n) is 6.15. The Hall–Kier alpha value is -0.670. The molecular weight excluding hydrogens is 278 g/mol. The van der Waals surface area contributed by atoms with Gasteiger partial charge in [0.15, 0.2) is 0 Å². The van der Waals surface area contributed by atoms with E-state index in [1.165, 1.54) is 12.0 Å². The fourth-order valence-corrected chi connectivity index (χ4v) is 2.85. The van der Waals surface area contributed by atoms with Crippen LogP contribution in [0, 0.1) is 0 Å². The maximum absolute atomic E-state index is 11.9. The normalized spacial score (nSPS) is 20.9. The fraction of sp³-hybridized carbons (Fsp3) is 0.500. The van der Waals surface area contributed by atoms with Crippen LogP contribution in [0.5, 0.6) is 0 Å². The minimum atomic E-state index is 0.121. The van der Waals surface area contributed by atoms with Crippen molar-refractivity contribution < 1.29 is 4.79 Å². The van der Waals surface area contributed by atoms with Gasteiger partial charge in [-0.05, 0) is 31.5 Å². The third-order valence-electron chi connectivity index (χ3n) is 3.43. The van der Waals surface area contributed by atoms with E-state index in [1.807, 2.05) is 25.2 Å². The lowest BCUT2D eigenvalue weighted by molar-refractivity contribution is -0.125. The number of benzene rings is 1. The third kappa shape index (κ3) is 3.17. The molecule has 0 spiro atoms. The largest absolute Gasteiger partial charge is 0.298 e. The van der Waals surface area contributed by atoms with Gasteiger partial charge in [-0.15, -0.1) is 0 Å². The molecule has 0 amide bonds. The van der Waals surface area contributed by atoms with Crippen LogP contribution in [0.25, 0.3) is 0 Å². The Morgan fingerprint density at radius 1 is 1.35 bits per heavy atom. The number of hydrogen-bond acceptors (Lipinski definition) is 2. The van der Waals surface area contributed by atoms with E-state index in [-0.39, 0.29) is 6.04 Å². The molecule has 1 unspecified atom stereocenters. The molecular formula is C14H18BrNO. The maximum atomic E-state index is 11.9. The molecule has 0 bridgehead atoms. The molecule has 1 aromatic carbocycles. The number of carbonyl (C=O) groups is 1. The Balaban J connectivity index is 2.03. The zero-order valence-electron chi connectivity index (χ0n) is 10.2. The van der Waals surface area contributed by atoms with Gasteiger partial charge in [0.2, 0.25) is 0 Å². The lowest BCUT2D eigenvalue weighted by atomic mass is 9.93. The number of hydrogen-bond donors (Lipinski definition) is 0. The molecule has 0 aliphatic heterocycles. The number of ketones is 1. The Morgan fingerprint density at radius 3 is 2.82 bits per heavy atom.